The summed E-state index contributed by atoms with van der Waals surface area (Å²) in [6.07, 6.45) is 2.20. The molecular weight excluding hydrogens is 522 g/mol. The second kappa shape index (κ2) is 11.7. The van der Waals surface area contributed by atoms with E-state index in [0.717, 1.165) is 22.3 Å². The number of carbonyl (C=O) groups excluding carboxylic acids is 2. The van der Waals surface area contributed by atoms with Gasteiger partial charge in [0.25, 0.3) is 5.56 Å². The number of ether oxygens (including phenoxy) is 3. The van der Waals surface area contributed by atoms with E-state index in [1.165, 1.54) is 16.7 Å². The summed E-state index contributed by atoms with van der Waals surface area (Å²) in [5.41, 5.74) is 9.21. The number of hydrogen-bond acceptors (Lipinski definition) is 6. The van der Waals surface area contributed by atoms with Crippen LogP contribution in [0.3, 0.4) is 0 Å². The van der Waals surface area contributed by atoms with Crippen molar-refractivity contribution < 1.29 is 23.8 Å². The highest BCUT2D eigenvalue weighted by molar-refractivity contribution is 6.30. The van der Waals surface area contributed by atoms with Crippen LogP contribution in [0.15, 0.2) is 59.5 Å². The van der Waals surface area contributed by atoms with Crippen molar-refractivity contribution in [2.75, 3.05) is 25.1 Å². The standard InChI is InChI=1S/C29H30ClN3O6/c1-17-10-19-2-5-21(30)11-24(19)25-13-27(34)33(14-20(25)15-39-17)26(12-23-16-37-8-9-38-23)29(36)32-22-6-3-18(4-7-22)28(31)35/h2-7,11,13-14,17,23,26H,8-10,12,15-16H2,1H3,(H2,31,35)(H,32,36). The maximum atomic E-state index is 13.6. The van der Waals surface area contributed by atoms with Crippen LogP contribution in [0.25, 0.3) is 11.1 Å². The highest BCUT2D eigenvalue weighted by Gasteiger charge is 2.29. The van der Waals surface area contributed by atoms with E-state index in [0.29, 0.717) is 42.5 Å². The van der Waals surface area contributed by atoms with Crippen molar-refractivity contribution >= 4 is 29.1 Å². The fourth-order valence-electron chi connectivity index (χ4n) is 4.99. The number of aromatic nitrogens is 1. The Kier molecular flexibility index (Phi) is 8.13. The SMILES string of the molecule is CC1Cc2ccc(Cl)cc2-c2cc(=O)n(C(CC3COCCO3)C(=O)Nc3ccc(C(N)=O)cc3)cc2CO1. The number of nitrogens with one attached hydrogen (secondary N) is 1. The number of carbonyl (C=O) groups is 2. The zero-order valence-electron chi connectivity index (χ0n) is 21.5. The van der Waals surface area contributed by atoms with Gasteiger partial charge in [-0.3, -0.25) is 14.4 Å². The molecule has 0 aliphatic carbocycles. The Morgan fingerprint density at radius 3 is 2.56 bits per heavy atom. The average molecular weight is 552 g/mol. The summed E-state index contributed by atoms with van der Waals surface area (Å²) in [6.45, 7) is 3.49. The fraction of sp³-hybridized carbons (Fsp3) is 0.345. The molecule has 3 atom stereocenters. The summed E-state index contributed by atoms with van der Waals surface area (Å²) < 4.78 is 18.9. The first kappa shape index (κ1) is 27.1. The molecule has 3 aromatic rings. The van der Waals surface area contributed by atoms with Crippen LogP contribution >= 0.6 is 11.6 Å². The Morgan fingerprint density at radius 1 is 1.08 bits per heavy atom. The van der Waals surface area contributed by atoms with Crippen molar-refractivity contribution in [2.24, 2.45) is 5.73 Å². The van der Waals surface area contributed by atoms with E-state index >= 15 is 0 Å². The van der Waals surface area contributed by atoms with Crippen molar-refractivity contribution in [3.8, 4) is 11.1 Å². The first-order valence-electron chi connectivity index (χ1n) is 12.8. The van der Waals surface area contributed by atoms with E-state index < -0.39 is 17.9 Å². The van der Waals surface area contributed by atoms with Crippen LogP contribution < -0.4 is 16.6 Å². The van der Waals surface area contributed by atoms with Crippen LogP contribution in [0, 0.1) is 0 Å². The number of primary amides is 1. The molecule has 3 heterocycles. The number of nitrogens with zero attached hydrogens (tertiary/aromatic N) is 1. The van der Waals surface area contributed by atoms with Gasteiger partial charge >= 0.3 is 0 Å². The lowest BCUT2D eigenvalue weighted by Gasteiger charge is -2.29. The lowest BCUT2D eigenvalue weighted by Crippen LogP contribution is -2.39. The van der Waals surface area contributed by atoms with Crippen LogP contribution in [-0.2, 0) is 32.0 Å². The Bertz CT molecular complexity index is 1430. The lowest BCUT2D eigenvalue weighted by molar-refractivity contribution is -0.124. The quantitative estimate of drug-likeness (QED) is 0.481. The summed E-state index contributed by atoms with van der Waals surface area (Å²) in [7, 11) is 0. The summed E-state index contributed by atoms with van der Waals surface area (Å²) in [5.74, 6) is -0.964. The Labute approximate surface area is 230 Å². The molecule has 1 saturated heterocycles. The maximum Gasteiger partial charge on any atom is 0.251 e. The number of halogens is 1. The van der Waals surface area contributed by atoms with Crippen LogP contribution in [0.1, 0.15) is 40.9 Å². The number of rotatable bonds is 6. The summed E-state index contributed by atoms with van der Waals surface area (Å²) >= 11 is 6.33. The minimum Gasteiger partial charge on any atom is -0.376 e. The van der Waals surface area contributed by atoms with Crippen molar-refractivity contribution in [2.45, 2.75) is 44.6 Å². The highest BCUT2D eigenvalue weighted by Crippen LogP contribution is 2.33. The van der Waals surface area contributed by atoms with Crippen molar-refractivity contribution in [3.63, 3.8) is 0 Å². The molecule has 3 N–H and O–H groups in total. The van der Waals surface area contributed by atoms with Gasteiger partial charge in [0.15, 0.2) is 0 Å². The molecule has 2 aliphatic rings. The predicted molar refractivity (Wildman–Crippen MR) is 147 cm³/mol. The zero-order valence-corrected chi connectivity index (χ0v) is 22.3. The van der Waals surface area contributed by atoms with Gasteiger partial charge in [0.1, 0.15) is 6.04 Å². The van der Waals surface area contributed by atoms with Crippen molar-refractivity contribution in [1.82, 2.24) is 4.57 Å². The Morgan fingerprint density at radius 2 is 1.85 bits per heavy atom. The first-order chi connectivity index (χ1) is 18.8. The van der Waals surface area contributed by atoms with Crippen molar-refractivity contribution in [3.05, 3.63) is 86.8 Å². The summed E-state index contributed by atoms with van der Waals surface area (Å²) in [4.78, 5) is 38.6. The third-order valence-corrected chi connectivity index (χ3v) is 7.24. The van der Waals surface area contributed by atoms with Gasteiger partial charge in [-0.05, 0) is 66.4 Å². The smallest absolute Gasteiger partial charge is 0.251 e. The maximum absolute atomic E-state index is 13.6. The van der Waals surface area contributed by atoms with E-state index in [4.69, 9.17) is 31.5 Å². The molecule has 0 radical (unpaired) electrons. The zero-order chi connectivity index (χ0) is 27.5. The number of pyridine rings is 1. The molecule has 1 aromatic heterocycles. The third-order valence-electron chi connectivity index (χ3n) is 7.00. The van der Waals surface area contributed by atoms with E-state index in [9.17, 15) is 14.4 Å². The van der Waals surface area contributed by atoms with Gasteiger partial charge < -0.3 is 29.8 Å². The van der Waals surface area contributed by atoms with E-state index in [1.54, 1.807) is 24.4 Å². The van der Waals surface area contributed by atoms with E-state index in [2.05, 4.69) is 5.32 Å². The van der Waals surface area contributed by atoms with Crippen LogP contribution in [-0.4, -0.2) is 48.4 Å². The Balaban J connectivity index is 1.53. The van der Waals surface area contributed by atoms with Crippen molar-refractivity contribution in [1.29, 1.82) is 0 Å². The van der Waals surface area contributed by atoms with Gasteiger partial charge in [0.2, 0.25) is 11.8 Å². The lowest BCUT2D eigenvalue weighted by atomic mass is 9.92. The number of anilines is 1. The molecular formula is C29H30ClN3O6. The molecule has 0 saturated carbocycles. The minimum absolute atomic E-state index is 0.0475. The molecule has 2 aliphatic heterocycles. The molecule has 0 spiro atoms. The van der Waals surface area contributed by atoms with Gasteiger partial charge in [-0.15, -0.1) is 0 Å². The average Bonchev–Trinajstić information content (AvgIpc) is 2.92. The van der Waals surface area contributed by atoms with Gasteiger partial charge in [0.05, 0.1) is 38.6 Å². The molecule has 39 heavy (non-hydrogen) atoms. The van der Waals surface area contributed by atoms with Gasteiger partial charge in [-0.2, -0.15) is 0 Å². The molecule has 2 amide bonds. The molecule has 0 bridgehead atoms. The van der Waals surface area contributed by atoms with Crippen LogP contribution in [0.4, 0.5) is 5.69 Å². The third kappa shape index (κ3) is 6.23. The number of nitrogens with two attached hydrogens (primary N) is 1. The predicted octanol–water partition coefficient (Wildman–Crippen LogP) is 3.71. The first-order valence-corrected chi connectivity index (χ1v) is 13.2. The molecule has 1 fully saturated rings. The largest absolute Gasteiger partial charge is 0.376 e. The van der Waals surface area contributed by atoms with Gasteiger partial charge in [-0.1, -0.05) is 17.7 Å². The molecule has 2 aromatic carbocycles. The number of hydrogen-bond donors (Lipinski definition) is 2. The molecule has 9 nitrogen and oxygen atoms in total. The second-order valence-electron chi connectivity index (χ2n) is 9.84. The number of benzene rings is 2. The summed E-state index contributed by atoms with van der Waals surface area (Å²) in [5, 5.41) is 3.44. The normalized spacial score (nSPS) is 19.6. The molecule has 10 heteroatoms. The number of fused-ring (bicyclic) bond motifs is 3. The molecule has 204 valence electrons. The van der Waals surface area contributed by atoms with Gasteiger partial charge in [-0.25, -0.2) is 0 Å². The van der Waals surface area contributed by atoms with Crippen LogP contribution in [0.2, 0.25) is 5.02 Å². The molecule has 5 rings (SSSR count). The monoisotopic (exact) mass is 551 g/mol. The number of amides is 2. The fourth-order valence-corrected chi connectivity index (χ4v) is 5.16. The van der Waals surface area contributed by atoms with E-state index in [1.807, 2.05) is 25.1 Å². The topological polar surface area (TPSA) is 122 Å². The van der Waals surface area contributed by atoms with Gasteiger partial charge in [0, 0.05) is 40.5 Å². The minimum atomic E-state index is -0.896. The second-order valence-corrected chi connectivity index (χ2v) is 10.3. The van der Waals surface area contributed by atoms with E-state index in [-0.39, 0.29) is 30.8 Å². The summed E-state index contributed by atoms with van der Waals surface area (Å²) in [6, 6.07) is 12.5. The van der Waals surface area contributed by atoms with Crippen LogP contribution in [0.5, 0.6) is 0 Å². The highest BCUT2D eigenvalue weighted by atomic mass is 35.5. The molecule has 3 unspecified atom stereocenters. The Hall–Kier alpha value is -3.50.